The number of terminal acetylenes is 1. The molecule has 1 saturated carbocycles. The molecule has 0 unspecified atom stereocenters. The highest BCUT2D eigenvalue weighted by atomic mass is 16.4. The lowest BCUT2D eigenvalue weighted by Gasteiger charge is -2.19. The molecule has 4 nitrogen and oxygen atoms in total. The molecule has 104 valence electrons. The molecule has 2 rings (SSSR count). The molecule has 0 aromatic carbocycles. The number of nitrogens with zero attached hydrogens (tertiary/aromatic N) is 2. The number of rotatable bonds is 6. The van der Waals surface area contributed by atoms with Gasteiger partial charge in [-0.3, -0.25) is 0 Å². The van der Waals surface area contributed by atoms with Gasteiger partial charge in [0.1, 0.15) is 6.26 Å². The van der Waals surface area contributed by atoms with Crippen molar-refractivity contribution >= 4 is 6.01 Å². The fourth-order valence-corrected chi connectivity index (χ4v) is 1.81. The predicted octanol–water partition coefficient (Wildman–Crippen LogP) is 2.41. The molecule has 0 amide bonds. The second-order valence-electron chi connectivity index (χ2n) is 6.25. The highest BCUT2D eigenvalue weighted by Gasteiger charge is 2.26. The van der Waals surface area contributed by atoms with Crippen LogP contribution in [0.1, 0.15) is 39.3 Å². The van der Waals surface area contributed by atoms with Gasteiger partial charge in [-0.1, -0.05) is 5.92 Å². The molecule has 1 aromatic heterocycles. The second-order valence-corrected chi connectivity index (χ2v) is 6.25. The van der Waals surface area contributed by atoms with Crippen LogP contribution in [0.15, 0.2) is 10.7 Å². The van der Waals surface area contributed by atoms with Crippen LogP contribution >= 0.6 is 0 Å². The zero-order valence-electron chi connectivity index (χ0n) is 12.1. The minimum absolute atomic E-state index is 0.0750. The topological polar surface area (TPSA) is 41.3 Å². The van der Waals surface area contributed by atoms with E-state index in [0.29, 0.717) is 19.1 Å². The third-order valence-electron chi connectivity index (χ3n) is 3.07. The van der Waals surface area contributed by atoms with Crippen LogP contribution in [-0.4, -0.2) is 23.6 Å². The summed E-state index contributed by atoms with van der Waals surface area (Å²) in [7, 11) is 0. The van der Waals surface area contributed by atoms with Gasteiger partial charge < -0.3 is 14.6 Å². The minimum Gasteiger partial charge on any atom is -0.432 e. The Bertz CT molecular complexity index is 449. The molecule has 1 heterocycles. The molecule has 0 aliphatic heterocycles. The second kappa shape index (κ2) is 5.66. The Labute approximate surface area is 115 Å². The monoisotopic (exact) mass is 261 g/mol. The summed E-state index contributed by atoms with van der Waals surface area (Å²) in [4.78, 5) is 6.57. The fourth-order valence-electron chi connectivity index (χ4n) is 1.81. The van der Waals surface area contributed by atoms with Crippen molar-refractivity contribution in [2.24, 2.45) is 5.92 Å². The number of aromatic nitrogens is 1. The average Bonchev–Trinajstić information content (AvgIpc) is 3.01. The van der Waals surface area contributed by atoms with Crippen LogP contribution in [0.3, 0.4) is 0 Å². The Balaban J connectivity index is 1.95. The van der Waals surface area contributed by atoms with Crippen molar-refractivity contribution in [2.45, 2.75) is 45.7 Å². The van der Waals surface area contributed by atoms with Gasteiger partial charge in [-0.15, -0.1) is 6.42 Å². The maximum Gasteiger partial charge on any atom is 0.298 e. The van der Waals surface area contributed by atoms with Crippen molar-refractivity contribution in [1.82, 2.24) is 10.3 Å². The largest absolute Gasteiger partial charge is 0.432 e. The molecule has 1 fully saturated rings. The van der Waals surface area contributed by atoms with E-state index in [-0.39, 0.29) is 5.54 Å². The lowest BCUT2D eigenvalue weighted by atomic mass is 10.1. The number of anilines is 1. The van der Waals surface area contributed by atoms with E-state index in [1.807, 2.05) is 0 Å². The molecule has 0 radical (unpaired) electrons. The molecular formula is C15H23N3O. The van der Waals surface area contributed by atoms with Crippen molar-refractivity contribution in [3.8, 4) is 12.3 Å². The van der Waals surface area contributed by atoms with Crippen molar-refractivity contribution in [1.29, 1.82) is 0 Å². The molecule has 0 spiro atoms. The first kappa shape index (κ1) is 14.0. The van der Waals surface area contributed by atoms with Crippen molar-refractivity contribution in [2.75, 3.05) is 18.0 Å². The molecule has 1 aliphatic carbocycles. The van der Waals surface area contributed by atoms with Gasteiger partial charge in [-0.05, 0) is 39.5 Å². The van der Waals surface area contributed by atoms with E-state index in [9.17, 15) is 0 Å². The van der Waals surface area contributed by atoms with Gasteiger partial charge in [0.05, 0.1) is 12.2 Å². The molecule has 0 bridgehead atoms. The van der Waals surface area contributed by atoms with Gasteiger partial charge in [0.25, 0.3) is 6.01 Å². The summed E-state index contributed by atoms with van der Waals surface area (Å²) < 4.78 is 5.55. The SMILES string of the molecule is C#CCN(CC1CC1)c1nc(CNC(C)(C)C)co1. The van der Waals surface area contributed by atoms with Gasteiger partial charge in [-0.2, -0.15) is 4.98 Å². The molecule has 19 heavy (non-hydrogen) atoms. The predicted molar refractivity (Wildman–Crippen MR) is 76.9 cm³/mol. The standard InChI is InChI=1S/C15H23N3O/c1-5-8-18(10-12-6-7-12)14-17-13(11-19-14)9-16-15(2,3)4/h1,11-12,16H,6-10H2,2-4H3. The average molecular weight is 261 g/mol. The van der Waals surface area contributed by atoms with Crippen LogP contribution in [-0.2, 0) is 6.54 Å². The lowest BCUT2D eigenvalue weighted by Crippen LogP contribution is -2.35. The van der Waals surface area contributed by atoms with E-state index in [1.165, 1.54) is 12.8 Å². The highest BCUT2D eigenvalue weighted by molar-refractivity contribution is 5.30. The molecule has 1 N–H and O–H groups in total. The molecule has 0 saturated heterocycles. The van der Waals surface area contributed by atoms with Crippen molar-refractivity contribution in [3.05, 3.63) is 12.0 Å². The van der Waals surface area contributed by atoms with Gasteiger partial charge in [-0.25, -0.2) is 0 Å². The molecule has 0 atom stereocenters. The van der Waals surface area contributed by atoms with E-state index < -0.39 is 0 Å². The summed E-state index contributed by atoms with van der Waals surface area (Å²) >= 11 is 0. The van der Waals surface area contributed by atoms with Crippen LogP contribution < -0.4 is 10.2 Å². The van der Waals surface area contributed by atoms with Crippen LogP contribution in [0.2, 0.25) is 0 Å². The van der Waals surface area contributed by atoms with Crippen LogP contribution in [0.5, 0.6) is 0 Å². The molecule has 1 aromatic rings. The molecule has 4 heteroatoms. The Hall–Kier alpha value is -1.47. The summed E-state index contributed by atoms with van der Waals surface area (Å²) in [5.41, 5.74) is 0.994. The highest BCUT2D eigenvalue weighted by Crippen LogP contribution is 2.31. The van der Waals surface area contributed by atoms with Crippen molar-refractivity contribution < 1.29 is 4.42 Å². The van der Waals surface area contributed by atoms with Crippen molar-refractivity contribution in [3.63, 3.8) is 0 Å². The summed E-state index contributed by atoms with van der Waals surface area (Å²) in [6, 6.07) is 0.649. The fraction of sp³-hybridized carbons (Fsp3) is 0.667. The third kappa shape index (κ3) is 4.60. The third-order valence-corrected chi connectivity index (χ3v) is 3.07. The quantitative estimate of drug-likeness (QED) is 0.798. The first-order valence-corrected chi connectivity index (χ1v) is 6.86. The van der Waals surface area contributed by atoms with E-state index in [1.54, 1.807) is 6.26 Å². The van der Waals surface area contributed by atoms with Gasteiger partial charge >= 0.3 is 0 Å². The number of nitrogens with one attached hydrogen (secondary N) is 1. The summed E-state index contributed by atoms with van der Waals surface area (Å²) in [5.74, 6) is 3.44. The van der Waals surface area contributed by atoms with E-state index in [0.717, 1.165) is 18.2 Å². The maximum absolute atomic E-state index is 5.55. The van der Waals surface area contributed by atoms with Crippen LogP contribution in [0.25, 0.3) is 0 Å². The number of hydrogen-bond acceptors (Lipinski definition) is 4. The number of oxazole rings is 1. The van der Waals surface area contributed by atoms with E-state index in [2.05, 4.69) is 41.9 Å². The number of hydrogen-bond donors (Lipinski definition) is 1. The van der Waals surface area contributed by atoms with Crippen LogP contribution in [0, 0.1) is 18.3 Å². The first-order chi connectivity index (χ1) is 8.98. The Morgan fingerprint density at radius 3 is 2.84 bits per heavy atom. The summed E-state index contributed by atoms with van der Waals surface area (Å²) in [6.07, 6.45) is 9.71. The normalized spacial score (nSPS) is 15.3. The maximum atomic E-state index is 5.55. The van der Waals surface area contributed by atoms with E-state index >= 15 is 0 Å². The zero-order valence-corrected chi connectivity index (χ0v) is 12.1. The summed E-state index contributed by atoms with van der Waals surface area (Å²) in [5, 5.41) is 3.39. The van der Waals surface area contributed by atoms with Gasteiger partial charge in [0, 0.05) is 18.6 Å². The lowest BCUT2D eigenvalue weighted by molar-refractivity contribution is 0.421. The zero-order chi connectivity index (χ0) is 13.9. The van der Waals surface area contributed by atoms with E-state index in [4.69, 9.17) is 10.8 Å². The Morgan fingerprint density at radius 2 is 2.26 bits per heavy atom. The summed E-state index contributed by atoms with van der Waals surface area (Å²) in [6.45, 7) is 8.61. The first-order valence-electron chi connectivity index (χ1n) is 6.86. The van der Waals surface area contributed by atoms with Crippen LogP contribution in [0.4, 0.5) is 6.01 Å². The van der Waals surface area contributed by atoms with Gasteiger partial charge in [0.15, 0.2) is 0 Å². The molecule has 1 aliphatic rings. The molecular weight excluding hydrogens is 238 g/mol. The Morgan fingerprint density at radius 1 is 1.53 bits per heavy atom. The minimum atomic E-state index is 0.0750. The smallest absolute Gasteiger partial charge is 0.298 e. The Kier molecular flexibility index (Phi) is 4.16. The van der Waals surface area contributed by atoms with Gasteiger partial charge in [0.2, 0.25) is 0 Å².